The highest BCUT2D eigenvalue weighted by atomic mass is 19.1. The van der Waals surface area contributed by atoms with E-state index in [0.29, 0.717) is 22.2 Å². The molecule has 2 aromatic carbocycles. The molecule has 188 valence electrons. The minimum Gasteiger partial charge on any atom is -0.481 e. The molecule has 1 aromatic heterocycles. The van der Waals surface area contributed by atoms with Crippen LogP contribution in [-0.4, -0.2) is 62.3 Å². The number of benzene rings is 2. The molecule has 4 rings (SSSR count). The van der Waals surface area contributed by atoms with Gasteiger partial charge in [-0.15, -0.1) is 0 Å². The van der Waals surface area contributed by atoms with E-state index >= 15 is 0 Å². The highest BCUT2D eigenvalue weighted by Crippen LogP contribution is 2.32. The van der Waals surface area contributed by atoms with E-state index in [2.05, 4.69) is 15.3 Å². The maximum atomic E-state index is 13.4. The molecular weight excluding hydrogens is 471 g/mol. The number of carboxylic acid groups (broad SMARTS) is 1. The van der Waals surface area contributed by atoms with E-state index in [1.807, 2.05) is 12.1 Å². The normalized spacial score (nSPS) is 14.7. The van der Waals surface area contributed by atoms with E-state index < -0.39 is 42.8 Å². The number of fused-ring (bicyclic) bond motifs is 2. The Hall–Kier alpha value is -4.28. The van der Waals surface area contributed by atoms with Gasteiger partial charge in [-0.1, -0.05) is 32.0 Å². The lowest BCUT2D eigenvalue weighted by atomic mass is 10.00. The Morgan fingerprint density at radius 3 is 2.39 bits per heavy atom. The Balaban J connectivity index is 1.60. The first-order valence-electron chi connectivity index (χ1n) is 11.4. The maximum absolute atomic E-state index is 13.4. The van der Waals surface area contributed by atoms with Crippen LogP contribution in [0.4, 0.5) is 4.39 Å². The molecule has 0 bridgehead atoms. The van der Waals surface area contributed by atoms with Crippen LogP contribution in [0.3, 0.4) is 0 Å². The Bertz CT molecular complexity index is 1430. The molecule has 0 fully saturated rings. The summed E-state index contributed by atoms with van der Waals surface area (Å²) in [5.41, 5.74) is 3.61. The van der Waals surface area contributed by atoms with Crippen LogP contribution in [0.1, 0.15) is 36.2 Å². The number of aromatic nitrogens is 2. The SMILES string of the molecule is CC(C)[C@@H](C(=O)NC(CC(=O)O)C(=O)CF)N1Cc2ccc(-c3ccc4[nH]c(=O)[nH]c4c3)cc2C1=O. The fraction of sp³-hybridized carbons (Fsp3) is 0.320. The van der Waals surface area contributed by atoms with Crippen LogP contribution in [0.15, 0.2) is 41.2 Å². The number of amides is 2. The van der Waals surface area contributed by atoms with E-state index in [4.69, 9.17) is 5.11 Å². The quantitative estimate of drug-likeness (QED) is 0.356. The highest BCUT2D eigenvalue weighted by molar-refractivity contribution is 6.03. The van der Waals surface area contributed by atoms with Crippen molar-refractivity contribution >= 4 is 34.6 Å². The van der Waals surface area contributed by atoms with Gasteiger partial charge in [0.05, 0.1) is 17.5 Å². The zero-order chi connectivity index (χ0) is 26.1. The van der Waals surface area contributed by atoms with Crippen LogP contribution in [0, 0.1) is 5.92 Å². The molecule has 10 nitrogen and oxygen atoms in total. The fourth-order valence-electron chi connectivity index (χ4n) is 4.51. The number of imidazole rings is 1. The second-order valence-corrected chi connectivity index (χ2v) is 9.09. The van der Waals surface area contributed by atoms with Crippen molar-refractivity contribution in [1.82, 2.24) is 20.2 Å². The van der Waals surface area contributed by atoms with Crippen LogP contribution < -0.4 is 11.0 Å². The Morgan fingerprint density at radius 1 is 1.06 bits per heavy atom. The predicted octanol–water partition coefficient (Wildman–Crippen LogP) is 2.00. The zero-order valence-electron chi connectivity index (χ0n) is 19.6. The summed E-state index contributed by atoms with van der Waals surface area (Å²) in [5, 5.41) is 11.4. The number of ketones is 1. The van der Waals surface area contributed by atoms with Crippen molar-refractivity contribution in [1.29, 1.82) is 0 Å². The number of carboxylic acids is 1. The largest absolute Gasteiger partial charge is 0.481 e. The molecule has 2 amide bonds. The number of carbonyl (C=O) groups excluding carboxylic acids is 3. The summed E-state index contributed by atoms with van der Waals surface area (Å²) in [7, 11) is 0. The molecule has 0 saturated carbocycles. The lowest BCUT2D eigenvalue weighted by Crippen LogP contribution is -2.54. The lowest BCUT2D eigenvalue weighted by Gasteiger charge is -2.31. The number of nitrogens with zero attached hydrogens (tertiary/aromatic N) is 1. The minimum atomic E-state index is -1.53. The van der Waals surface area contributed by atoms with E-state index in [9.17, 15) is 28.4 Å². The molecule has 36 heavy (non-hydrogen) atoms. The third kappa shape index (κ3) is 4.77. The zero-order valence-corrected chi connectivity index (χ0v) is 19.6. The van der Waals surface area contributed by atoms with Crippen LogP contribution in [0.2, 0.25) is 0 Å². The number of Topliss-reactive ketones (excluding diaryl/α,β-unsaturated/α-hetero) is 1. The monoisotopic (exact) mass is 496 g/mol. The van der Waals surface area contributed by atoms with Crippen molar-refractivity contribution in [2.45, 2.75) is 38.9 Å². The molecule has 0 radical (unpaired) electrons. The Labute approximate surface area is 204 Å². The summed E-state index contributed by atoms with van der Waals surface area (Å²) in [6, 6.07) is 8.20. The molecule has 4 N–H and O–H groups in total. The second kappa shape index (κ2) is 9.76. The first kappa shape index (κ1) is 24.8. The molecular formula is C25H25FN4O6. The van der Waals surface area contributed by atoms with Gasteiger partial charge in [0.1, 0.15) is 18.8 Å². The number of H-pyrrole nitrogens is 2. The van der Waals surface area contributed by atoms with Crippen molar-refractivity contribution in [2.75, 3.05) is 6.67 Å². The van der Waals surface area contributed by atoms with E-state index in [-0.39, 0.29) is 24.1 Å². The van der Waals surface area contributed by atoms with E-state index in [1.54, 1.807) is 38.1 Å². The van der Waals surface area contributed by atoms with E-state index in [1.165, 1.54) is 4.90 Å². The van der Waals surface area contributed by atoms with E-state index in [0.717, 1.165) is 11.1 Å². The summed E-state index contributed by atoms with van der Waals surface area (Å²) in [5.74, 6) is -3.89. The van der Waals surface area contributed by atoms with Gasteiger partial charge in [0, 0.05) is 12.1 Å². The van der Waals surface area contributed by atoms with Crippen molar-refractivity contribution in [3.63, 3.8) is 0 Å². The number of hydrogen-bond acceptors (Lipinski definition) is 5. The van der Waals surface area contributed by atoms with Gasteiger partial charge in [0.2, 0.25) is 5.91 Å². The molecule has 1 aliphatic heterocycles. The molecule has 0 saturated heterocycles. The van der Waals surface area contributed by atoms with Gasteiger partial charge in [-0.25, -0.2) is 9.18 Å². The van der Waals surface area contributed by atoms with Crippen LogP contribution in [-0.2, 0) is 20.9 Å². The number of nitrogens with one attached hydrogen (secondary N) is 3. The van der Waals surface area contributed by atoms with Gasteiger partial charge in [-0.2, -0.15) is 0 Å². The number of rotatable bonds is 9. The first-order chi connectivity index (χ1) is 17.1. The van der Waals surface area contributed by atoms with Crippen molar-refractivity contribution < 1.29 is 28.7 Å². The fourth-order valence-corrected chi connectivity index (χ4v) is 4.51. The molecule has 3 aromatic rings. The molecule has 11 heteroatoms. The highest BCUT2D eigenvalue weighted by Gasteiger charge is 2.39. The smallest absolute Gasteiger partial charge is 0.323 e. The van der Waals surface area contributed by atoms with Gasteiger partial charge in [0.25, 0.3) is 5.91 Å². The number of alkyl halides is 1. The van der Waals surface area contributed by atoms with Gasteiger partial charge in [0.15, 0.2) is 5.78 Å². The summed E-state index contributed by atoms with van der Waals surface area (Å²) >= 11 is 0. The van der Waals surface area contributed by atoms with Gasteiger partial charge in [-0.3, -0.25) is 19.2 Å². The topological polar surface area (TPSA) is 152 Å². The summed E-state index contributed by atoms with van der Waals surface area (Å²) in [6.45, 7) is 2.18. The molecule has 1 unspecified atom stereocenters. The number of carbonyl (C=O) groups is 4. The molecule has 0 aliphatic carbocycles. The Morgan fingerprint density at radius 2 is 1.72 bits per heavy atom. The second-order valence-electron chi connectivity index (χ2n) is 9.09. The van der Waals surface area contributed by atoms with Gasteiger partial charge >= 0.3 is 11.7 Å². The lowest BCUT2D eigenvalue weighted by molar-refractivity contribution is -0.140. The maximum Gasteiger partial charge on any atom is 0.323 e. The van der Waals surface area contributed by atoms with Crippen molar-refractivity contribution in [3.05, 3.63) is 58.0 Å². The summed E-state index contributed by atoms with van der Waals surface area (Å²) < 4.78 is 12.9. The number of aliphatic carboxylic acids is 1. The van der Waals surface area contributed by atoms with Crippen molar-refractivity contribution in [3.8, 4) is 11.1 Å². The minimum absolute atomic E-state index is 0.148. The molecule has 2 atom stereocenters. The first-order valence-corrected chi connectivity index (χ1v) is 11.4. The van der Waals surface area contributed by atoms with Crippen LogP contribution in [0.25, 0.3) is 22.2 Å². The van der Waals surface area contributed by atoms with Gasteiger partial charge < -0.3 is 25.3 Å². The summed E-state index contributed by atoms with van der Waals surface area (Å²) in [6.07, 6.45) is -0.756. The van der Waals surface area contributed by atoms with Crippen molar-refractivity contribution in [2.24, 2.45) is 5.92 Å². The van der Waals surface area contributed by atoms with Crippen LogP contribution in [0.5, 0.6) is 0 Å². The standard InChI is InChI=1S/C25H25FN4O6/c1-12(2)22(23(34)27-19(9-21(32)33)20(31)10-26)30-11-15-4-3-13(7-16(15)24(30)35)14-5-6-17-18(8-14)29-25(36)28-17/h3-8,12,19,22H,9-11H2,1-2H3,(H,27,34)(H,32,33)(H2,28,29,36)/t19?,22-/m0/s1. The summed E-state index contributed by atoms with van der Waals surface area (Å²) in [4.78, 5) is 67.7. The average molecular weight is 496 g/mol. The van der Waals surface area contributed by atoms with Gasteiger partial charge in [-0.05, 0) is 40.8 Å². The third-order valence-electron chi connectivity index (χ3n) is 6.24. The molecule has 0 spiro atoms. The molecule has 1 aliphatic rings. The number of halogens is 1. The third-order valence-corrected chi connectivity index (χ3v) is 6.24. The average Bonchev–Trinajstić information content (AvgIpc) is 3.35. The number of hydrogen-bond donors (Lipinski definition) is 4. The Kier molecular flexibility index (Phi) is 6.73. The molecule has 2 heterocycles. The number of aromatic amines is 2. The van der Waals surface area contributed by atoms with Crippen LogP contribution >= 0.6 is 0 Å². The predicted molar refractivity (Wildman–Crippen MR) is 128 cm³/mol.